The molecule has 2 aliphatic rings. The maximum absolute atomic E-state index is 12.6. The molecule has 0 spiro atoms. The molecule has 1 aliphatic heterocycles. The number of para-hydroxylation sites is 2. The van der Waals surface area contributed by atoms with Gasteiger partial charge in [0.2, 0.25) is 12.0 Å². The highest BCUT2D eigenvalue weighted by atomic mass is 16.6. The second kappa shape index (κ2) is 7.31. The zero-order valence-electron chi connectivity index (χ0n) is 15.1. The van der Waals surface area contributed by atoms with E-state index in [0.717, 1.165) is 18.4 Å². The number of fused-ring (bicyclic) bond motifs is 1. The third kappa shape index (κ3) is 4.22. The van der Waals surface area contributed by atoms with Crippen LogP contribution in [0.1, 0.15) is 25.3 Å². The van der Waals surface area contributed by atoms with Crippen molar-refractivity contribution in [2.75, 3.05) is 5.32 Å². The Morgan fingerprint density at radius 3 is 2.33 bits per heavy atom. The van der Waals surface area contributed by atoms with Crippen LogP contribution in [-0.2, 0) is 16.0 Å². The fourth-order valence-corrected chi connectivity index (χ4v) is 3.02. The maximum atomic E-state index is 12.6. The molecule has 1 aliphatic carbocycles. The predicted octanol–water partition coefficient (Wildman–Crippen LogP) is 2.67. The summed E-state index contributed by atoms with van der Waals surface area (Å²) in [6.45, 7) is 1.81. The molecule has 1 fully saturated rings. The maximum Gasteiger partial charge on any atom is 0.269 e. The van der Waals surface area contributed by atoms with E-state index in [1.165, 1.54) is 0 Å². The van der Waals surface area contributed by atoms with E-state index in [9.17, 15) is 9.59 Å². The Morgan fingerprint density at radius 1 is 1.00 bits per heavy atom. The third-order valence-electron chi connectivity index (χ3n) is 4.63. The van der Waals surface area contributed by atoms with E-state index >= 15 is 0 Å². The molecule has 2 N–H and O–H groups in total. The predicted molar refractivity (Wildman–Crippen MR) is 101 cm³/mol. The zero-order valence-corrected chi connectivity index (χ0v) is 15.1. The van der Waals surface area contributed by atoms with Crippen molar-refractivity contribution in [1.29, 1.82) is 0 Å². The molecule has 2 aromatic carbocycles. The Balaban J connectivity index is 1.35. The van der Waals surface area contributed by atoms with Crippen LogP contribution in [0.5, 0.6) is 11.5 Å². The van der Waals surface area contributed by atoms with Crippen LogP contribution in [0.4, 0.5) is 5.69 Å². The van der Waals surface area contributed by atoms with Crippen molar-refractivity contribution >= 4 is 17.5 Å². The Morgan fingerprint density at radius 2 is 1.67 bits per heavy atom. The lowest BCUT2D eigenvalue weighted by Crippen LogP contribution is -2.46. The number of carbonyl (C=O) groups excluding carboxylic acids is 2. The number of anilines is 1. The highest BCUT2D eigenvalue weighted by molar-refractivity contribution is 5.95. The summed E-state index contributed by atoms with van der Waals surface area (Å²) in [7, 11) is 0. The van der Waals surface area contributed by atoms with Gasteiger partial charge in [0, 0.05) is 11.7 Å². The molecule has 6 nitrogen and oxygen atoms in total. The number of rotatable bonds is 5. The van der Waals surface area contributed by atoms with Crippen LogP contribution in [0.2, 0.25) is 0 Å². The minimum atomic E-state index is -0.733. The largest absolute Gasteiger partial charge is 0.482 e. The number of carbonyl (C=O) groups is 2. The summed E-state index contributed by atoms with van der Waals surface area (Å²) < 4.78 is 11.6. The monoisotopic (exact) mass is 366 g/mol. The highest BCUT2D eigenvalue weighted by Gasteiger charge is 2.34. The quantitative estimate of drug-likeness (QED) is 0.853. The molecule has 2 atom stereocenters. The summed E-state index contributed by atoms with van der Waals surface area (Å²) in [4.78, 5) is 24.5. The third-order valence-corrected chi connectivity index (χ3v) is 4.63. The number of ether oxygens (including phenoxy) is 2. The minimum absolute atomic E-state index is 0.0366. The van der Waals surface area contributed by atoms with Crippen molar-refractivity contribution in [1.82, 2.24) is 5.32 Å². The van der Waals surface area contributed by atoms with Crippen LogP contribution >= 0.6 is 0 Å². The second-order valence-corrected chi connectivity index (χ2v) is 7.01. The van der Waals surface area contributed by atoms with Crippen LogP contribution < -0.4 is 20.1 Å². The molecule has 6 heteroatoms. The fourth-order valence-electron chi connectivity index (χ4n) is 3.02. The summed E-state index contributed by atoms with van der Waals surface area (Å²) in [5.41, 5.74) is 1.56. The lowest BCUT2D eigenvalue weighted by Gasteiger charge is -2.31. The van der Waals surface area contributed by atoms with Crippen molar-refractivity contribution < 1.29 is 19.1 Å². The molecule has 0 saturated heterocycles. The van der Waals surface area contributed by atoms with E-state index in [-0.39, 0.29) is 11.8 Å². The van der Waals surface area contributed by atoms with Gasteiger partial charge < -0.3 is 20.1 Å². The fraction of sp³-hybridized carbons (Fsp3) is 0.333. The van der Waals surface area contributed by atoms with Gasteiger partial charge in [0.05, 0.1) is 6.42 Å². The Bertz CT molecular complexity index is 846. The first kappa shape index (κ1) is 17.4. The average molecular weight is 366 g/mol. The Hall–Kier alpha value is -3.02. The average Bonchev–Trinajstić information content (AvgIpc) is 3.46. The molecule has 140 valence electrons. The molecule has 0 bridgehead atoms. The van der Waals surface area contributed by atoms with Gasteiger partial charge in [-0.05, 0) is 49.6 Å². The molecule has 0 aromatic heterocycles. The van der Waals surface area contributed by atoms with Crippen molar-refractivity contribution in [2.45, 2.75) is 44.4 Å². The van der Waals surface area contributed by atoms with Gasteiger partial charge in [-0.3, -0.25) is 9.59 Å². The van der Waals surface area contributed by atoms with Gasteiger partial charge in [-0.1, -0.05) is 24.3 Å². The van der Waals surface area contributed by atoms with Gasteiger partial charge in [-0.15, -0.1) is 0 Å². The van der Waals surface area contributed by atoms with Crippen molar-refractivity contribution in [3.63, 3.8) is 0 Å². The topological polar surface area (TPSA) is 76.7 Å². The molecule has 4 rings (SSSR count). The van der Waals surface area contributed by atoms with Gasteiger partial charge in [-0.25, -0.2) is 0 Å². The first-order chi connectivity index (χ1) is 13.1. The smallest absolute Gasteiger partial charge is 0.269 e. The molecular weight excluding hydrogens is 344 g/mol. The van der Waals surface area contributed by atoms with Crippen LogP contribution in [0.15, 0.2) is 48.5 Å². The second-order valence-electron chi connectivity index (χ2n) is 7.01. The Kier molecular flexibility index (Phi) is 4.71. The molecule has 1 saturated carbocycles. The van der Waals surface area contributed by atoms with Gasteiger partial charge in [0.15, 0.2) is 11.5 Å². The number of benzene rings is 2. The number of amides is 2. The van der Waals surface area contributed by atoms with Crippen LogP contribution in [0, 0.1) is 0 Å². The summed E-state index contributed by atoms with van der Waals surface area (Å²) in [6, 6.07) is 14.9. The van der Waals surface area contributed by atoms with E-state index < -0.39 is 12.2 Å². The first-order valence-corrected chi connectivity index (χ1v) is 9.20. The lowest BCUT2D eigenvalue weighted by molar-refractivity contribution is -0.128. The van der Waals surface area contributed by atoms with Gasteiger partial charge in [0.25, 0.3) is 5.91 Å². The summed E-state index contributed by atoms with van der Waals surface area (Å²) >= 11 is 0. The molecule has 2 aromatic rings. The number of nitrogens with one attached hydrogen (secondary N) is 2. The summed E-state index contributed by atoms with van der Waals surface area (Å²) in [5, 5.41) is 5.82. The van der Waals surface area contributed by atoms with Gasteiger partial charge >= 0.3 is 0 Å². The lowest BCUT2D eigenvalue weighted by atomic mass is 10.1. The summed E-state index contributed by atoms with van der Waals surface area (Å²) in [5.74, 6) is 0.974. The molecule has 1 heterocycles. The van der Waals surface area contributed by atoms with E-state index in [1.807, 2.05) is 37.3 Å². The molecular formula is C21H22N2O4. The van der Waals surface area contributed by atoms with Crippen LogP contribution in [0.3, 0.4) is 0 Å². The van der Waals surface area contributed by atoms with E-state index in [1.54, 1.807) is 18.2 Å². The molecule has 0 radical (unpaired) electrons. The first-order valence-electron chi connectivity index (χ1n) is 9.20. The number of hydrogen-bond acceptors (Lipinski definition) is 4. The minimum Gasteiger partial charge on any atom is -0.482 e. The number of hydrogen-bond donors (Lipinski definition) is 2. The van der Waals surface area contributed by atoms with E-state index in [0.29, 0.717) is 29.6 Å². The normalized spacial score (nSPS) is 20.6. The summed E-state index contributed by atoms with van der Waals surface area (Å²) in [6.07, 6.45) is 1.37. The SMILES string of the molecule is CC1Oc2ccccc2OC1C(=O)Nc1ccc(CC(=O)NC2CC2)cc1. The van der Waals surface area contributed by atoms with E-state index in [2.05, 4.69) is 10.6 Å². The van der Waals surface area contributed by atoms with Crippen LogP contribution in [-0.4, -0.2) is 30.1 Å². The van der Waals surface area contributed by atoms with Crippen LogP contribution in [0.25, 0.3) is 0 Å². The van der Waals surface area contributed by atoms with Crippen molar-refractivity contribution in [3.8, 4) is 11.5 Å². The van der Waals surface area contributed by atoms with E-state index in [4.69, 9.17) is 9.47 Å². The molecule has 2 unspecified atom stereocenters. The Labute approximate surface area is 157 Å². The van der Waals surface area contributed by atoms with Crippen molar-refractivity contribution in [2.24, 2.45) is 0 Å². The molecule has 27 heavy (non-hydrogen) atoms. The molecule has 2 amide bonds. The van der Waals surface area contributed by atoms with Crippen molar-refractivity contribution in [3.05, 3.63) is 54.1 Å². The standard InChI is InChI=1S/C21H22N2O4/c1-13-20(27-18-5-3-2-4-17(18)26-13)21(25)23-16-8-6-14(7-9-16)12-19(24)22-15-10-11-15/h2-9,13,15,20H,10-12H2,1H3,(H,22,24)(H,23,25). The van der Waals surface area contributed by atoms with Gasteiger partial charge in [0.1, 0.15) is 6.10 Å². The zero-order chi connectivity index (χ0) is 18.8. The van der Waals surface area contributed by atoms with Gasteiger partial charge in [-0.2, -0.15) is 0 Å². The highest BCUT2D eigenvalue weighted by Crippen LogP contribution is 2.33.